The van der Waals surface area contributed by atoms with Crippen molar-refractivity contribution in [3.63, 3.8) is 0 Å². The van der Waals surface area contributed by atoms with Crippen molar-refractivity contribution in [2.45, 2.75) is 12.8 Å². The van der Waals surface area contributed by atoms with Crippen LogP contribution in [0.1, 0.15) is 27.2 Å². The molecule has 1 aliphatic carbocycles. The Balaban J connectivity index is 1.88. The number of carbonyl (C=O) groups is 1. The molecule has 26 heavy (non-hydrogen) atoms. The number of fused-ring (bicyclic) bond motifs is 3. The number of aromatic nitrogens is 1. The lowest BCUT2D eigenvalue weighted by molar-refractivity contribution is 0.0948. The first-order chi connectivity index (χ1) is 12.4. The molecule has 0 unspecified atom stereocenters. The van der Waals surface area contributed by atoms with Crippen LogP contribution in [-0.2, 0) is 15.7 Å². The molecule has 140 valence electrons. The minimum atomic E-state index is -4.31. The monoisotopic (exact) mass is 398 g/mol. The van der Waals surface area contributed by atoms with E-state index >= 15 is 0 Å². The lowest BCUT2D eigenvalue weighted by Gasteiger charge is -2.14. The minimum absolute atomic E-state index is 0.200. The molecular formula is C16H19N2O6PS. The Morgan fingerprint density at radius 1 is 1.42 bits per heavy atom. The molecule has 0 radical (unpaired) electrons. The van der Waals surface area contributed by atoms with Gasteiger partial charge >= 0.3 is 7.60 Å². The summed E-state index contributed by atoms with van der Waals surface area (Å²) in [4.78, 5) is 36.0. The molecule has 10 heteroatoms. The highest BCUT2D eigenvalue weighted by Crippen LogP contribution is 2.46. The number of ether oxygens (including phenoxy) is 2. The Labute approximate surface area is 154 Å². The van der Waals surface area contributed by atoms with Crippen molar-refractivity contribution in [2.24, 2.45) is 0 Å². The Morgan fingerprint density at radius 3 is 2.96 bits per heavy atom. The highest BCUT2D eigenvalue weighted by atomic mass is 32.1. The summed E-state index contributed by atoms with van der Waals surface area (Å²) in [5.74, 6) is 0.123. The largest absolute Gasteiger partial charge is 0.480 e. The van der Waals surface area contributed by atoms with Gasteiger partial charge in [0.25, 0.3) is 5.91 Å². The molecule has 1 aliphatic rings. The highest BCUT2D eigenvalue weighted by Gasteiger charge is 2.30. The van der Waals surface area contributed by atoms with Gasteiger partial charge in [0.1, 0.15) is 5.75 Å². The molecule has 0 bridgehead atoms. The van der Waals surface area contributed by atoms with Gasteiger partial charge in [-0.15, -0.1) is 11.3 Å². The second kappa shape index (κ2) is 7.85. The van der Waals surface area contributed by atoms with Crippen molar-refractivity contribution >= 4 is 24.8 Å². The van der Waals surface area contributed by atoms with E-state index in [1.807, 2.05) is 0 Å². The molecule has 0 saturated carbocycles. The number of amides is 1. The molecule has 1 amide bonds. The van der Waals surface area contributed by atoms with Crippen LogP contribution < -0.4 is 10.1 Å². The summed E-state index contributed by atoms with van der Waals surface area (Å²) in [6.45, 7) is 1.06. The van der Waals surface area contributed by atoms with Crippen LogP contribution >= 0.6 is 18.9 Å². The van der Waals surface area contributed by atoms with Crippen LogP contribution in [0.5, 0.6) is 5.75 Å². The second-order valence-electron chi connectivity index (χ2n) is 5.81. The molecule has 0 atom stereocenters. The van der Waals surface area contributed by atoms with Crippen molar-refractivity contribution in [1.29, 1.82) is 0 Å². The van der Waals surface area contributed by atoms with Gasteiger partial charge in [-0.05, 0) is 24.1 Å². The van der Waals surface area contributed by atoms with Crippen LogP contribution in [0.4, 0.5) is 0 Å². The zero-order valence-electron chi connectivity index (χ0n) is 14.1. The summed E-state index contributed by atoms with van der Waals surface area (Å²) in [5.41, 5.74) is 4.34. The van der Waals surface area contributed by atoms with Crippen LogP contribution in [0.25, 0.3) is 11.3 Å². The predicted octanol–water partition coefficient (Wildman–Crippen LogP) is 1.99. The molecule has 3 rings (SSSR count). The van der Waals surface area contributed by atoms with Gasteiger partial charge in [-0.3, -0.25) is 9.36 Å². The summed E-state index contributed by atoms with van der Waals surface area (Å²) in [6, 6.07) is 3.18. The van der Waals surface area contributed by atoms with E-state index in [0.29, 0.717) is 48.6 Å². The van der Waals surface area contributed by atoms with Crippen LogP contribution in [0, 0.1) is 0 Å². The number of benzene rings is 1. The van der Waals surface area contributed by atoms with Crippen molar-refractivity contribution in [3.05, 3.63) is 33.6 Å². The van der Waals surface area contributed by atoms with Gasteiger partial charge in [0, 0.05) is 42.7 Å². The molecule has 8 nitrogen and oxygen atoms in total. The summed E-state index contributed by atoms with van der Waals surface area (Å²) < 4.78 is 21.4. The van der Waals surface area contributed by atoms with E-state index in [-0.39, 0.29) is 5.91 Å². The standard InChI is InChI=1S/C16H19N2O6PS/c1-23-6-2-5-17-16(19)10-3-4-12(24-9-25(20,21)22)14-11(10)7-13-15(14)18-8-26-13/h3-4,8H,2,5-7,9H2,1H3,(H,17,19)(H2,20,21,22). The summed E-state index contributed by atoms with van der Waals surface area (Å²) in [5, 5.41) is 2.86. The summed E-state index contributed by atoms with van der Waals surface area (Å²) in [7, 11) is -2.70. The number of methoxy groups -OCH3 is 1. The molecule has 0 saturated heterocycles. The quantitative estimate of drug-likeness (QED) is 0.392. The zero-order chi connectivity index (χ0) is 18.7. The van der Waals surface area contributed by atoms with Gasteiger partial charge in [0.05, 0.1) is 11.2 Å². The average molecular weight is 398 g/mol. The SMILES string of the molecule is COCCCNC(=O)c1ccc(OCP(=O)(O)O)c2c1Cc1scnc1-2. The zero-order valence-corrected chi connectivity index (χ0v) is 15.8. The molecule has 1 heterocycles. The maximum atomic E-state index is 12.5. The molecule has 0 fully saturated rings. The summed E-state index contributed by atoms with van der Waals surface area (Å²) >= 11 is 1.48. The van der Waals surface area contributed by atoms with E-state index in [9.17, 15) is 9.36 Å². The first-order valence-corrected chi connectivity index (χ1v) is 10.6. The summed E-state index contributed by atoms with van der Waals surface area (Å²) in [6.07, 6.45) is 0.535. The number of hydrogen-bond donors (Lipinski definition) is 3. The number of thiazole rings is 1. The van der Waals surface area contributed by atoms with Gasteiger partial charge < -0.3 is 24.6 Å². The first kappa shape index (κ1) is 19.0. The van der Waals surface area contributed by atoms with Crippen LogP contribution in [0.15, 0.2) is 17.6 Å². The first-order valence-electron chi connectivity index (χ1n) is 7.94. The van der Waals surface area contributed by atoms with E-state index in [2.05, 4.69) is 10.3 Å². The van der Waals surface area contributed by atoms with Gasteiger partial charge in [-0.25, -0.2) is 4.98 Å². The lowest BCUT2D eigenvalue weighted by atomic mass is 10.0. The molecule has 1 aromatic carbocycles. The third kappa shape index (κ3) is 4.13. The predicted molar refractivity (Wildman–Crippen MR) is 96.7 cm³/mol. The minimum Gasteiger partial charge on any atom is -0.480 e. The van der Waals surface area contributed by atoms with E-state index in [4.69, 9.17) is 19.3 Å². The maximum absolute atomic E-state index is 12.5. The Hall–Kier alpha value is -1.77. The second-order valence-corrected chi connectivity index (χ2v) is 8.33. The fraction of sp³-hybridized carbons (Fsp3) is 0.375. The number of hydrogen-bond acceptors (Lipinski definition) is 6. The van der Waals surface area contributed by atoms with Crippen LogP contribution in [0.2, 0.25) is 0 Å². The van der Waals surface area contributed by atoms with Gasteiger partial charge in [0.2, 0.25) is 0 Å². The smallest absolute Gasteiger partial charge is 0.362 e. The Morgan fingerprint density at radius 2 is 2.23 bits per heavy atom. The number of nitrogens with zero attached hydrogens (tertiary/aromatic N) is 1. The lowest BCUT2D eigenvalue weighted by Crippen LogP contribution is -2.26. The highest BCUT2D eigenvalue weighted by molar-refractivity contribution is 7.51. The van der Waals surface area contributed by atoms with Gasteiger partial charge in [0.15, 0.2) is 6.35 Å². The number of rotatable bonds is 8. The van der Waals surface area contributed by atoms with E-state index in [1.54, 1.807) is 24.8 Å². The van der Waals surface area contributed by atoms with Crippen molar-refractivity contribution in [1.82, 2.24) is 10.3 Å². The molecular weight excluding hydrogens is 379 g/mol. The van der Waals surface area contributed by atoms with E-state index < -0.39 is 13.9 Å². The molecule has 1 aromatic heterocycles. The Bertz CT molecular complexity index is 862. The van der Waals surface area contributed by atoms with Crippen molar-refractivity contribution in [2.75, 3.05) is 26.6 Å². The fourth-order valence-corrected chi connectivity index (χ4v) is 3.92. The third-order valence-electron chi connectivity index (χ3n) is 3.93. The number of carbonyl (C=O) groups excluding carboxylic acids is 1. The molecule has 2 aromatic rings. The van der Waals surface area contributed by atoms with Crippen molar-refractivity contribution in [3.8, 4) is 17.0 Å². The fourth-order valence-electron chi connectivity index (χ4n) is 2.83. The molecule has 3 N–H and O–H groups in total. The van der Waals surface area contributed by atoms with Crippen LogP contribution in [0.3, 0.4) is 0 Å². The normalized spacial score (nSPS) is 12.6. The number of nitrogens with one attached hydrogen (secondary N) is 1. The third-order valence-corrected chi connectivity index (χ3v) is 5.23. The molecule has 0 aliphatic heterocycles. The van der Waals surface area contributed by atoms with E-state index in [1.165, 1.54) is 11.3 Å². The Kier molecular flexibility index (Phi) is 5.74. The maximum Gasteiger partial charge on any atom is 0.362 e. The van der Waals surface area contributed by atoms with Gasteiger partial charge in [-0.1, -0.05) is 0 Å². The van der Waals surface area contributed by atoms with Crippen LogP contribution in [-0.4, -0.2) is 47.3 Å². The average Bonchev–Trinajstić information content (AvgIpc) is 3.16. The molecule has 0 spiro atoms. The van der Waals surface area contributed by atoms with Gasteiger partial charge in [-0.2, -0.15) is 0 Å². The van der Waals surface area contributed by atoms with Crippen molar-refractivity contribution < 1.29 is 28.6 Å². The topological polar surface area (TPSA) is 118 Å². The van der Waals surface area contributed by atoms with E-state index in [0.717, 1.165) is 10.4 Å².